The van der Waals surface area contributed by atoms with Gasteiger partial charge >= 0.3 is 12.1 Å². The number of piperidine rings is 1. The number of nitrogens with zero attached hydrogens (tertiary/aromatic N) is 5. The minimum absolute atomic E-state index is 0.158. The Hall–Kier alpha value is -6.50. The molecular formula is C43H52F3N9O7. The van der Waals surface area contributed by atoms with Crippen LogP contribution in [0.3, 0.4) is 0 Å². The van der Waals surface area contributed by atoms with Crippen LogP contribution in [0.15, 0.2) is 78.1 Å². The molecule has 19 heteroatoms. The van der Waals surface area contributed by atoms with E-state index >= 15 is 0 Å². The predicted octanol–water partition coefficient (Wildman–Crippen LogP) is 6.26. The smallest absolute Gasteiger partial charge is 0.433 e. The van der Waals surface area contributed by atoms with Gasteiger partial charge in [-0.05, 0) is 62.4 Å². The molecule has 2 fully saturated rings. The number of carbonyl (C=O) groups is 3. The zero-order valence-corrected chi connectivity index (χ0v) is 34.6. The van der Waals surface area contributed by atoms with Gasteiger partial charge in [-0.1, -0.05) is 25.3 Å². The number of hydrogen-bond donors (Lipinski definition) is 5. The first-order valence-electron chi connectivity index (χ1n) is 20.3. The lowest BCUT2D eigenvalue weighted by atomic mass is 9.89. The van der Waals surface area contributed by atoms with E-state index in [0.29, 0.717) is 24.6 Å². The highest BCUT2D eigenvalue weighted by molar-refractivity contribution is 5.93. The van der Waals surface area contributed by atoms with Gasteiger partial charge in [-0.25, -0.2) is 4.98 Å². The Bertz CT molecular complexity index is 2260. The number of rotatable bonds is 14. The first kappa shape index (κ1) is 46.6. The molecule has 4 aromatic heterocycles. The number of aromatic amines is 1. The molecule has 1 aliphatic heterocycles. The molecule has 1 aliphatic carbocycles. The lowest BCUT2D eigenvalue weighted by molar-refractivity contribution is -0.141. The van der Waals surface area contributed by atoms with Crippen LogP contribution in [0.4, 0.5) is 30.2 Å². The molecule has 1 saturated heterocycles. The van der Waals surface area contributed by atoms with E-state index in [9.17, 15) is 32.3 Å². The topological polar surface area (TPSA) is 206 Å². The first-order valence-corrected chi connectivity index (χ1v) is 20.3. The number of carboxylic acids is 1. The molecule has 0 unspecified atom stereocenters. The highest BCUT2D eigenvalue weighted by atomic mass is 19.4. The lowest BCUT2D eigenvalue weighted by Crippen LogP contribution is -2.41. The van der Waals surface area contributed by atoms with E-state index in [1.807, 2.05) is 25.2 Å². The van der Waals surface area contributed by atoms with Crippen LogP contribution in [-0.2, 0) is 22.3 Å². The lowest BCUT2D eigenvalue weighted by Gasteiger charge is -2.33. The Morgan fingerprint density at radius 2 is 1.84 bits per heavy atom. The number of fused-ring (bicyclic) bond motifs is 1. The number of nitrogens with one attached hydrogen (secondary N) is 4. The van der Waals surface area contributed by atoms with Gasteiger partial charge in [0.25, 0.3) is 5.56 Å². The summed E-state index contributed by atoms with van der Waals surface area (Å²) in [6.45, 7) is 3.33. The highest BCUT2D eigenvalue weighted by Gasteiger charge is 2.32. The van der Waals surface area contributed by atoms with E-state index in [0.717, 1.165) is 83.1 Å². The normalized spacial score (nSPS) is 15.3. The molecule has 5 N–H and O–H groups in total. The van der Waals surface area contributed by atoms with E-state index < -0.39 is 29.9 Å². The number of anilines is 3. The number of ether oxygens (including phenoxy) is 2. The molecule has 0 radical (unpaired) electrons. The summed E-state index contributed by atoms with van der Waals surface area (Å²) in [5.41, 5.74) is 1.57. The van der Waals surface area contributed by atoms with Gasteiger partial charge in [0.15, 0.2) is 6.29 Å². The van der Waals surface area contributed by atoms with Gasteiger partial charge in [-0.15, -0.1) is 0 Å². The molecule has 16 nitrogen and oxygen atoms in total. The van der Waals surface area contributed by atoms with Crippen molar-refractivity contribution in [2.24, 2.45) is 11.8 Å². The number of carboxylic acid groups (broad SMARTS) is 1. The molecular weight excluding hydrogens is 812 g/mol. The van der Waals surface area contributed by atoms with Gasteiger partial charge in [0.2, 0.25) is 5.91 Å². The third-order valence-corrected chi connectivity index (χ3v) is 10.3. The second-order valence-corrected chi connectivity index (χ2v) is 14.8. The molecule has 1 amide bonds. The summed E-state index contributed by atoms with van der Waals surface area (Å²) in [5, 5.41) is 26.3. The molecule has 5 heterocycles. The second kappa shape index (κ2) is 22.9. The average Bonchev–Trinajstić information content (AvgIpc) is 3.75. The molecule has 62 heavy (non-hydrogen) atoms. The van der Waals surface area contributed by atoms with Crippen molar-refractivity contribution >= 4 is 46.1 Å². The number of pyridine rings is 3. The number of benzene rings is 1. The van der Waals surface area contributed by atoms with Crippen molar-refractivity contribution in [3.63, 3.8) is 0 Å². The Labute approximate surface area is 356 Å². The summed E-state index contributed by atoms with van der Waals surface area (Å²) in [6, 6.07) is 11.8. The zero-order valence-electron chi connectivity index (χ0n) is 34.6. The molecule has 5 aromatic rings. The van der Waals surface area contributed by atoms with Gasteiger partial charge in [0.1, 0.15) is 36.0 Å². The van der Waals surface area contributed by atoms with Gasteiger partial charge in [0, 0.05) is 56.5 Å². The number of hydrogen-bond acceptors (Lipinski definition) is 12. The monoisotopic (exact) mass is 863 g/mol. The van der Waals surface area contributed by atoms with Gasteiger partial charge < -0.3 is 40.0 Å². The van der Waals surface area contributed by atoms with Crippen LogP contribution >= 0.6 is 0 Å². The SMILES string of the molecule is CNc1cc2cn[nH]c2cc1OC.O=C(O)Cn1cc(NC(=O)[C@H]2CCCN(c3cncc(OCCNCC4CCCCC4)c3)C2)ccc1=O.O=Cc1cccc(C(F)(F)F)n1. The highest BCUT2D eigenvalue weighted by Crippen LogP contribution is 2.30. The van der Waals surface area contributed by atoms with E-state index in [-0.39, 0.29) is 23.8 Å². The fraction of sp³-hybridized carbons (Fsp3) is 0.419. The third-order valence-electron chi connectivity index (χ3n) is 10.3. The largest absolute Gasteiger partial charge is 0.495 e. The van der Waals surface area contributed by atoms with Crippen molar-refractivity contribution in [1.82, 2.24) is 30.0 Å². The number of aldehydes is 1. The van der Waals surface area contributed by atoms with Crippen LogP contribution in [0.25, 0.3) is 10.9 Å². The molecule has 1 atom stereocenters. The van der Waals surface area contributed by atoms with Gasteiger partial charge in [-0.3, -0.25) is 29.3 Å². The Balaban J connectivity index is 0.000000234. The van der Waals surface area contributed by atoms with Crippen LogP contribution in [0, 0.1) is 11.8 Å². The number of carbonyl (C=O) groups excluding carboxylic acids is 2. The van der Waals surface area contributed by atoms with Crippen LogP contribution in [0.2, 0.25) is 0 Å². The first-order chi connectivity index (χ1) is 29.9. The van der Waals surface area contributed by atoms with E-state index in [4.69, 9.17) is 14.6 Å². The molecule has 0 spiro atoms. The second-order valence-electron chi connectivity index (χ2n) is 14.8. The zero-order chi connectivity index (χ0) is 44.5. The number of H-pyrrole nitrogens is 1. The summed E-state index contributed by atoms with van der Waals surface area (Å²) in [5.74, 6) is 0.795. The minimum atomic E-state index is -4.49. The minimum Gasteiger partial charge on any atom is -0.495 e. The van der Waals surface area contributed by atoms with E-state index in [1.165, 1.54) is 56.5 Å². The summed E-state index contributed by atoms with van der Waals surface area (Å²) in [7, 11) is 3.52. The van der Waals surface area contributed by atoms with E-state index in [2.05, 4.69) is 41.0 Å². The number of aliphatic carboxylic acids is 1. The summed E-state index contributed by atoms with van der Waals surface area (Å²) < 4.78 is 48.0. The number of halogens is 3. The Kier molecular flexibility index (Phi) is 17.2. The van der Waals surface area contributed by atoms with Crippen molar-refractivity contribution in [2.75, 3.05) is 62.5 Å². The number of methoxy groups -OCH3 is 1. The van der Waals surface area contributed by atoms with Gasteiger partial charge in [0.05, 0.1) is 54.2 Å². The Morgan fingerprint density at radius 1 is 1.03 bits per heavy atom. The summed E-state index contributed by atoms with van der Waals surface area (Å²) >= 11 is 0. The van der Waals surface area contributed by atoms with Crippen LogP contribution < -0.4 is 35.9 Å². The summed E-state index contributed by atoms with van der Waals surface area (Å²) in [4.78, 5) is 55.4. The fourth-order valence-electron chi connectivity index (χ4n) is 7.15. The molecule has 0 bridgehead atoms. The average molecular weight is 864 g/mol. The number of alkyl halides is 3. The molecule has 7 rings (SSSR count). The maximum Gasteiger partial charge on any atom is 0.433 e. The van der Waals surface area contributed by atoms with Crippen LogP contribution in [-0.4, -0.2) is 94.9 Å². The fourth-order valence-corrected chi connectivity index (χ4v) is 7.15. The molecule has 1 aromatic carbocycles. The van der Waals surface area contributed by atoms with E-state index in [1.54, 1.807) is 25.7 Å². The van der Waals surface area contributed by atoms with Crippen molar-refractivity contribution in [3.05, 3.63) is 95.1 Å². The molecule has 1 saturated carbocycles. The Morgan fingerprint density at radius 3 is 2.56 bits per heavy atom. The molecule has 332 valence electrons. The van der Waals surface area contributed by atoms with Crippen LogP contribution in [0.1, 0.15) is 61.1 Å². The number of amides is 1. The van der Waals surface area contributed by atoms with Gasteiger partial charge in [-0.2, -0.15) is 18.3 Å². The maximum absolute atomic E-state index is 13.0. The van der Waals surface area contributed by atoms with Crippen molar-refractivity contribution in [1.29, 1.82) is 0 Å². The standard InChI is InChI=1S/C27H37N5O5.C9H11N3O.C7H4F3NO/c33-25-9-8-22(18-32(25)19-26(34)35)30-27(36)21-7-4-11-31(17-21)23-13-24(16-29-15-23)37-12-10-28-14-20-5-2-1-3-6-20;1-10-8-3-6-5-11-12-7(6)4-9(8)13-2;8-7(9,10)6-3-1-2-5(4-12)11-6/h8-9,13,15-16,18,20-21,28H,1-7,10-12,14,17,19H2,(H,30,36)(H,34,35);3-5,10H,1-2H3,(H,11,12);1-4H/t21-;;/m0../s1. The maximum atomic E-state index is 13.0. The van der Waals surface area contributed by atoms with Crippen molar-refractivity contribution in [3.8, 4) is 11.5 Å². The number of aromatic nitrogens is 5. The molecule has 2 aliphatic rings. The van der Waals surface area contributed by atoms with Crippen LogP contribution in [0.5, 0.6) is 11.5 Å². The quantitative estimate of drug-likeness (QED) is 0.0619. The predicted molar refractivity (Wildman–Crippen MR) is 228 cm³/mol. The van der Waals surface area contributed by atoms with Crippen molar-refractivity contribution in [2.45, 2.75) is 57.7 Å². The third kappa shape index (κ3) is 14.0. The van der Waals surface area contributed by atoms with Crippen molar-refractivity contribution < 1.29 is 42.1 Å². The summed E-state index contributed by atoms with van der Waals surface area (Å²) in [6.07, 6.45) is 10.8.